The molecule has 0 amide bonds. The number of carboxylic acids is 1. The van der Waals surface area contributed by atoms with Crippen molar-refractivity contribution in [2.75, 3.05) is 0 Å². The number of rotatable bonds is 5. The number of hydrogen-bond donors (Lipinski definition) is 1. The number of nitrogens with zero attached hydrogens (tertiary/aromatic N) is 3. The van der Waals surface area contributed by atoms with E-state index in [0.29, 0.717) is 13.0 Å². The Morgan fingerprint density at radius 3 is 3.00 bits per heavy atom. The number of imidazole rings is 1. The molecule has 0 fully saturated rings. The summed E-state index contributed by atoms with van der Waals surface area (Å²) in [7, 11) is 0. The lowest BCUT2D eigenvalue weighted by Gasteiger charge is -2.05. The Morgan fingerprint density at radius 2 is 2.29 bits per heavy atom. The SMILES string of the molecule is O=C(O)CCn1ccnc1Cc1cccnc1. The third-order valence-corrected chi connectivity index (χ3v) is 2.45. The summed E-state index contributed by atoms with van der Waals surface area (Å²) in [5.41, 5.74) is 1.07. The Balaban J connectivity index is 2.06. The average molecular weight is 231 g/mol. The first kappa shape index (κ1) is 11.3. The summed E-state index contributed by atoms with van der Waals surface area (Å²) in [6, 6.07) is 3.85. The van der Waals surface area contributed by atoms with Crippen LogP contribution in [0.25, 0.3) is 0 Å². The largest absolute Gasteiger partial charge is 0.481 e. The van der Waals surface area contributed by atoms with Crippen LogP contribution < -0.4 is 0 Å². The third-order valence-electron chi connectivity index (χ3n) is 2.45. The molecule has 2 rings (SSSR count). The summed E-state index contributed by atoms with van der Waals surface area (Å²) in [6.07, 6.45) is 7.77. The lowest BCUT2D eigenvalue weighted by atomic mass is 10.2. The quantitative estimate of drug-likeness (QED) is 0.843. The normalized spacial score (nSPS) is 10.4. The topological polar surface area (TPSA) is 68.0 Å². The van der Waals surface area contributed by atoms with E-state index >= 15 is 0 Å². The van der Waals surface area contributed by atoms with E-state index in [1.165, 1.54) is 0 Å². The van der Waals surface area contributed by atoms with Crippen molar-refractivity contribution in [1.82, 2.24) is 14.5 Å². The van der Waals surface area contributed by atoms with Crippen LogP contribution in [0, 0.1) is 0 Å². The van der Waals surface area contributed by atoms with Gasteiger partial charge in [-0.1, -0.05) is 6.07 Å². The molecule has 0 aliphatic rings. The van der Waals surface area contributed by atoms with Crippen LogP contribution in [0.1, 0.15) is 17.8 Å². The van der Waals surface area contributed by atoms with Gasteiger partial charge in [0.15, 0.2) is 0 Å². The Bertz CT molecular complexity index is 493. The maximum atomic E-state index is 10.5. The zero-order valence-electron chi connectivity index (χ0n) is 9.28. The summed E-state index contributed by atoms with van der Waals surface area (Å²) >= 11 is 0. The van der Waals surface area contributed by atoms with Gasteiger partial charge in [-0.25, -0.2) is 4.98 Å². The summed E-state index contributed by atoms with van der Waals surface area (Å²) in [5, 5.41) is 8.65. The van der Waals surface area contributed by atoms with Gasteiger partial charge in [-0.15, -0.1) is 0 Å². The van der Waals surface area contributed by atoms with E-state index in [2.05, 4.69) is 9.97 Å². The fourth-order valence-corrected chi connectivity index (χ4v) is 1.61. The molecule has 0 atom stereocenters. The van der Waals surface area contributed by atoms with Crippen LogP contribution in [-0.4, -0.2) is 25.6 Å². The van der Waals surface area contributed by atoms with Crippen molar-refractivity contribution < 1.29 is 9.90 Å². The number of aryl methyl sites for hydroxylation is 1. The Kier molecular flexibility index (Phi) is 3.49. The molecule has 0 aliphatic carbocycles. The monoisotopic (exact) mass is 231 g/mol. The van der Waals surface area contributed by atoms with Gasteiger partial charge >= 0.3 is 5.97 Å². The molecule has 0 aromatic carbocycles. The molecular formula is C12H13N3O2. The fraction of sp³-hybridized carbons (Fsp3) is 0.250. The van der Waals surface area contributed by atoms with Crippen LogP contribution in [0.15, 0.2) is 36.9 Å². The Labute approximate surface area is 98.8 Å². The highest BCUT2D eigenvalue weighted by Gasteiger charge is 2.05. The summed E-state index contributed by atoms with van der Waals surface area (Å²) in [6.45, 7) is 0.449. The van der Waals surface area contributed by atoms with Crippen molar-refractivity contribution in [2.24, 2.45) is 0 Å². The van der Waals surface area contributed by atoms with Crippen molar-refractivity contribution in [1.29, 1.82) is 0 Å². The third kappa shape index (κ3) is 3.14. The molecule has 5 nitrogen and oxygen atoms in total. The highest BCUT2D eigenvalue weighted by Crippen LogP contribution is 2.07. The van der Waals surface area contributed by atoms with E-state index in [1.807, 2.05) is 16.7 Å². The molecule has 0 saturated heterocycles. The van der Waals surface area contributed by atoms with Crippen LogP contribution in [0.3, 0.4) is 0 Å². The Hall–Kier alpha value is -2.17. The fourth-order valence-electron chi connectivity index (χ4n) is 1.61. The van der Waals surface area contributed by atoms with Crippen molar-refractivity contribution in [3.63, 3.8) is 0 Å². The van der Waals surface area contributed by atoms with Gasteiger partial charge < -0.3 is 9.67 Å². The van der Waals surface area contributed by atoms with Gasteiger partial charge in [0.05, 0.1) is 6.42 Å². The molecule has 88 valence electrons. The van der Waals surface area contributed by atoms with E-state index in [1.54, 1.807) is 24.8 Å². The highest BCUT2D eigenvalue weighted by atomic mass is 16.4. The van der Waals surface area contributed by atoms with E-state index in [0.717, 1.165) is 11.4 Å². The predicted molar refractivity (Wildman–Crippen MR) is 61.5 cm³/mol. The minimum Gasteiger partial charge on any atom is -0.481 e. The van der Waals surface area contributed by atoms with Gasteiger partial charge in [0, 0.05) is 37.8 Å². The first-order valence-electron chi connectivity index (χ1n) is 5.36. The molecule has 2 heterocycles. The minimum atomic E-state index is -0.800. The molecule has 17 heavy (non-hydrogen) atoms. The van der Waals surface area contributed by atoms with E-state index in [9.17, 15) is 4.79 Å². The van der Waals surface area contributed by atoms with Crippen molar-refractivity contribution in [2.45, 2.75) is 19.4 Å². The lowest BCUT2D eigenvalue weighted by Crippen LogP contribution is -2.08. The van der Waals surface area contributed by atoms with Crippen molar-refractivity contribution >= 4 is 5.97 Å². The maximum Gasteiger partial charge on any atom is 0.305 e. The number of aliphatic carboxylic acids is 1. The van der Waals surface area contributed by atoms with E-state index in [4.69, 9.17) is 5.11 Å². The van der Waals surface area contributed by atoms with Crippen molar-refractivity contribution in [3.8, 4) is 0 Å². The van der Waals surface area contributed by atoms with Crippen LogP contribution in [0.2, 0.25) is 0 Å². The molecule has 0 saturated carbocycles. The summed E-state index contributed by atoms with van der Waals surface area (Å²) in [5.74, 6) is 0.0604. The summed E-state index contributed by atoms with van der Waals surface area (Å²) < 4.78 is 1.86. The second kappa shape index (κ2) is 5.25. The lowest BCUT2D eigenvalue weighted by molar-refractivity contribution is -0.137. The number of carbonyl (C=O) groups is 1. The zero-order valence-corrected chi connectivity index (χ0v) is 9.28. The second-order valence-electron chi connectivity index (χ2n) is 3.72. The van der Waals surface area contributed by atoms with E-state index in [-0.39, 0.29) is 6.42 Å². The smallest absolute Gasteiger partial charge is 0.305 e. The standard InChI is InChI=1S/C12H13N3O2/c16-12(17)3-6-15-7-5-14-11(15)8-10-2-1-4-13-9-10/h1-2,4-5,7,9H,3,6,8H2,(H,16,17). The molecule has 2 aromatic rings. The number of aromatic nitrogens is 3. The molecule has 0 unspecified atom stereocenters. The number of hydrogen-bond acceptors (Lipinski definition) is 3. The van der Waals surface area contributed by atoms with Gasteiger partial charge in [0.25, 0.3) is 0 Å². The molecule has 1 N–H and O–H groups in total. The van der Waals surface area contributed by atoms with E-state index < -0.39 is 5.97 Å². The van der Waals surface area contributed by atoms with Crippen LogP contribution in [0.4, 0.5) is 0 Å². The molecule has 0 aliphatic heterocycles. The molecule has 0 bridgehead atoms. The van der Waals surface area contributed by atoms with Crippen LogP contribution in [-0.2, 0) is 17.8 Å². The molecular weight excluding hydrogens is 218 g/mol. The number of carboxylic acid groups (broad SMARTS) is 1. The van der Waals surface area contributed by atoms with Gasteiger partial charge in [0.2, 0.25) is 0 Å². The molecule has 0 spiro atoms. The second-order valence-corrected chi connectivity index (χ2v) is 3.72. The maximum absolute atomic E-state index is 10.5. The van der Waals surface area contributed by atoms with Crippen molar-refractivity contribution in [3.05, 3.63) is 48.3 Å². The molecule has 2 aromatic heterocycles. The van der Waals surface area contributed by atoms with Crippen LogP contribution in [0.5, 0.6) is 0 Å². The highest BCUT2D eigenvalue weighted by molar-refractivity contribution is 5.66. The zero-order chi connectivity index (χ0) is 12.1. The van der Waals surface area contributed by atoms with Gasteiger partial charge in [0.1, 0.15) is 5.82 Å². The number of pyridine rings is 1. The van der Waals surface area contributed by atoms with Gasteiger partial charge in [-0.05, 0) is 11.6 Å². The van der Waals surface area contributed by atoms with Crippen LogP contribution >= 0.6 is 0 Å². The minimum absolute atomic E-state index is 0.108. The average Bonchev–Trinajstić information content (AvgIpc) is 2.75. The molecule has 5 heteroatoms. The predicted octanol–water partition coefficient (Wildman–Crippen LogP) is 1.34. The van der Waals surface area contributed by atoms with Gasteiger partial charge in [-0.3, -0.25) is 9.78 Å². The summed E-state index contributed by atoms with van der Waals surface area (Å²) in [4.78, 5) is 18.8. The van der Waals surface area contributed by atoms with Gasteiger partial charge in [-0.2, -0.15) is 0 Å². The first-order valence-corrected chi connectivity index (χ1v) is 5.36. The molecule has 0 radical (unpaired) electrons. The Morgan fingerprint density at radius 1 is 1.41 bits per heavy atom. The first-order chi connectivity index (χ1) is 8.25.